The van der Waals surface area contributed by atoms with Crippen LogP contribution in [0.1, 0.15) is 23.7 Å². The van der Waals surface area contributed by atoms with E-state index in [1.54, 1.807) is 12.4 Å². The summed E-state index contributed by atoms with van der Waals surface area (Å²) < 4.78 is 2.00. The average molecular weight is 306 g/mol. The Hall–Kier alpha value is -1.58. The molecule has 0 aliphatic rings. The van der Waals surface area contributed by atoms with Crippen LogP contribution in [-0.4, -0.2) is 14.5 Å². The highest BCUT2D eigenvalue weighted by Gasteiger charge is 2.18. The molecule has 5 heteroatoms. The van der Waals surface area contributed by atoms with E-state index in [0.29, 0.717) is 5.02 Å². The number of rotatable bonds is 2. The molecule has 3 aromatic rings. The molecule has 20 heavy (non-hydrogen) atoms. The van der Waals surface area contributed by atoms with Gasteiger partial charge in [0.05, 0.1) is 27.8 Å². The van der Waals surface area contributed by atoms with Crippen LogP contribution in [0.2, 0.25) is 5.02 Å². The summed E-state index contributed by atoms with van der Waals surface area (Å²) in [5, 5.41) is 0.448. The smallest absolute Gasteiger partial charge is 0.132 e. The molecular weight excluding hydrogens is 293 g/mol. The Labute approximate surface area is 127 Å². The van der Waals surface area contributed by atoms with Gasteiger partial charge in [0, 0.05) is 6.20 Å². The number of halogens is 2. The van der Waals surface area contributed by atoms with Crippen molar-refractivity contribution in [1.82, 2.24) is 14.5 Å². The van der Waals surface area contributed by atoms with Crippen LogP contribution in [0.4, 0.5) is 0 Å². The van der Waals surface area contributed by atoms with Gasteiger partial charge in [0.15, 0.2) is 0 Å². The van der Waals surface area contributed by atoms with Crippen LogP contribution in [0.5, 0.6) is 0 Å². The summed E-state index contributed by atoms with van der Waals surface area (Å²) in [5.74, 6) is 0.766. The van der Waals surface area contributed by atoms with Crippen LogP contribution < -0.4 is 0 Å². The number of imidazole rings is 1. The van der Waals surface area contributed by atoms with Crippen molar-refractivity contribution in [2.45, 2.75) is 19.2 Å². The predicted octanol–water partition coefficient (Wildman–Crippen LogP) is 4.68. The van der Waals surface area contributed by atoms with E-state index in [1.807, 2.05) is 42.7 Å². The summed E-state index contributed by atoms with van der Waals surface area (Å²) in [6.45, 7) is 3.93. The van der Waals surface area contributed by atoms with Crippen molar-refractivity contribution in [1.29, 1.82) is 0 Å². The minimum absolute atomic E-state index is 0.223. The topological polar surface area (TPSA) is 30.7 Å². The van der Waals surface area contributed by atoms with E-state index in [2.05, 4.69) is 9.97 Å². The van der Waals surface area contributed by atoms with E-state index in [-0.39, 0.29) is 5.38 Å². The van der Waals surface area contributed by atoms with Gasteiger partial charge in [0.25, 0.3) is 0 Å². The molecule has 0 spiro atoms. The number of hydrogen-bond acceptors (Lipinski definition) is 2. The molecule has 0 aliphatic carbocycles. The summed E-state index contributed by atoms with van der Waals surface area (Å²) in [6.07, 6.45) is 3.48. The SMILES string of the molecule is Cc1ccc(Cl)c(-n2c(C(C)Cl)nc3cnccc32)c1. The molecule has 0 aliphatic heterocycles. The minimum Gasteiger partial charge on any atom is -0.293 e. The third kappa shape index (κ3) is 2.17. The Morgan fingerprint density at radius 3 is 2.80 bits per heavy atom. The van der Waals surface area contributed by atoms with Gasteiger partial charge < -0.3 is 0 Å². The average Bonchev–Trinajstić information content (AvgIpc) is 2.81. The maximum atomic E-state index is 6.36. The van der Waals surface area contributed by atoms with Crippen LogP contribution in [-0.2, 0) is 0 Å². The van der Waals surface area contributed by atoms with Gasteiger partial charge >= 0.3 is 0 Å². The third-order valence-corrected chi connectivity index (χ3v) is 3.70. The largest absolute Gasteiger partial charge is 0.293 e. The van der Waals surface area contributed by atoms with E-state index in [1.165, 1.54) is 0 Å². The highest BCUT2D eigenvalue weighted by Crippen LogP contribution is 2.31. The van der Waals surface area contributed by atoms with Gasteiger partial charge in [-0.1, -0.05) is 17.7 Å². The van der Waals surface area contributed by atoms with Gasteiger partial charge in [0.1, 0.15) is 11.3 Å². The van der Waals surface area contributed by atoms with Gasteiger partial charge in [0.2, 0.25) is 0 Å². The first-order chi connectivity index (χ1) is 9.58. The summed E-state index contributed by atoms with van der Waals surface area (Å²) in [5.41, 5.74) is 3.79. The second kappa shape index (κ2) is 5.08. The molecule has 1 aromatic carbocycles. The lowest BCUT2D eigenvalue weighted by Gasteiger charge is -2.13. The first-order valence-corrected chi connectivity index (χ1v) is 7.12. The van der Waals surface area contributed by atoms with E-state index in [9.17, 15) is 0 Å². The lowest BCUT2D eigenvalue weighted by Crippen LogP contribution is -2.03. The number of alkyl halides is 1. The molecule has 0 radical (unpaired) electrons. The number of benzene rings is 1. The molecule has 0 N–H and O–H groups in total. The first-order valence-electron chi connectivity index (χ1n) is 6.31. The van der Waals surface area contributed by atoms with Crippen molar-refractivity contribution in [3.8, 4) is 5.69 Å². The van der Waals surface area contributed by atoms with Crippen molar-refractivity contribution in [3.63, 3.8) is 0 Å². The predicted molar refractivity (Wildman–Crippen MR) is 82.9 cm³/mol. The number of aromatic nitrogens is 3. The van der Waals surface area contributed by atoms with Gasteiger partial charge in [-0.3, -0.25) is 9.55 Å². The van der Waals surface area contributed by atoms with E-state index >= 15 is 0 Å². The molecule has 2 aromatic heterocycles. The molecule has 0 fully saturated rings. The molecule has 3 rings (SSSR count). The van der Waals surface area contributed by atoms with Crippen LogP contribution >= 0.6 is 23.2 Å². The zero-order chi connectivity index (χ0) is 14.3. The van der Waals surface area contributed by atoms with Crippen molar-refractivity contribution < 1.29 is 0 Å². The zero-order valence-corrected chi connectivity index (χ0v) is 12.7. The van der Waals surface area contributed by atoms with E-state index in [0.717, 1.165) is 28.1 Å². The molecule has 1 atom stereocenters. The van der Waals surface area contributed by atoms with Crippen molar-refractivity contribution >= 4 is 34.2 Å². The van der Waals surface area contributed by atoms with Gasteiger partial charge in [-0.15, -0.1) is 11.6 Å². The normalized spacial score (nSPS) is 12.8. The molecule has 0 saturated heterocycles. The van der Waals surface area contributed by atoms with Gasteiger partial charge in [-0.25, -0.2) is 4.98 Å². The zero-order valence-electron chi connectivity index (χ0n) is 11.1. The summed E-state index contributed by atoms with van der Waals surface area (Å²) in [6, 6.07) is 7.83. The highest BCUT2D eigenvalue weighted by molar-refractivity contribution is 6.32. The van der Waals surface area contributed by atoms with E-state index in [4.69, 9.17) is 23.2 Å². The maximum absolute atomic E-state index is 6.36. The van der Waals surface area contributed by atoms with Gasteiger partial charge in [-0.05, 0) is 37.6 Å². The third-order valence-electron chi connectivity index (χ3n) is 3.18. The number of fused-ring (bicyclic) bond motifs is 1. The number of hydrogen-bond donors (Lipinski definition) is 0. The summed E-state index contributed by atoms with van der Waals surface area (Å²) in [7, 11) is 0. The van der Waals surface area contributed by atoms with Crippen molar-refractivity contribution in [2.75, 3.05) is 0 Å². The highest BCUT2D eigenvalue weighted by atomic mass is 35.5. The molecule has 0 amide bonds. The summed E-state index contributed by atoms with van der Waals surface area (Å²) >= 11 is 12.6. The molecule has 2 heterocycles. The number of nitrogens with zero attached hydrogens (tertiary/aromatic N) is 3. The maximum Gasteiger partial charge on any atom is 0.132 e. The Morgan fingerprint density at radius 2 is 2.05 bits per heavy atom. The molecule has 1 unspecified atom stereocenters. The molecular formula is C15H13Cl2N3. The minimum atomic E-state index is -0.223. The Balaban J connectivity index is 2.39. The second-order valence-electron chi connectivity index (χ2n) is 4.74. The van der Waals surface area contributed by atoms with Gasteiger partial charge in [-0.2, -0.15) is 0 Å². The monoisotopic (exact) mass is 305 g/mol. The number of aryl methyl sites for hydroxylation is 1. The van der Waals surface area contributed by atoms with Crippen LogP contribution in [0.25, 0.3) is 16.7 Å². The Kier molecular flexibility index (Phi) is 3.40. The number of pyridine rings is 1. The fraction of sp³-hybridized carbons (Fsp3) is 0.200. The van der Waals surface area contributed by atoms with Crippen molar-refractivity contribution in [2.24, 2.45) is 0 Å². The van der Waals surface area contributed by atoms with Crippen molar-refractivity contribution in [3.05, 3.63) is 53.1 Å². The Morgan fingerprint density at radius 1 is 1.25 bits per heavy atom. The molecule has 102 valence electrons. The van der Waals surface area contributed by atoms with Crippen LogP contribution in [0.3, 0.4) is 0 Å². The second-order valence-corrected chi connectivity index (χ2v) is 5.80. The van der Waals surface area contributed by atoms with Crippen LogP contribution in [0, 0.1) is 6.92 Å². The quantitative estimate of drug-likeness (QED) is 0.643. The molecule has 3 nitrogen and oxygen atoms in total. The summed E-state index contributed by atoms with van der Waals surface area (Å²) in [4.78, 5) is 8.68. The molecule has 0 saturated carbocycles. The Bertz CT molecular complexity index is 778. The van der Waals surface area contributed by atoms with Crippen LogP contribution in [0.15, 0.2) is 36.7 Å². The van der Waals surface area contributed by atoms with E-state index < -0.39 is 0 Å². The fourth-order valence-electron chi connectivity index (χ4n) is 2.26. The lowest BCUT2D eigenvalue weighted by atomic mass is 10.2. The lowest BCUT2D eigenvalue weighted by molar-refractivity contribution is 0.882. The molecule has 0 bridgehead atoms. The fourth-order valence-corrected chi connectivity index (χ4v) is 2.61. The first kappa shape index (κ1) is 13.4. The standard InChI is InChI=1S/C15H13Cl2N3/c1-9-3-4-11(17)14(7-9)20-13-5-6-18-8-12(13)19-15(20)10(2)16/h3-8,10H,1-2H3.